The Kier molecular flexibility index (Phi) is 21.8. The van der Waals surface area contributed by atoms with Crippen molar-refractivity contribution in [2.75, 3.05) is 0 Å². The molecule has 0 amide bonds. The standard InChI is InChI=1S/2C16H28.C14H24.C13H22.C13H20/c2*1-6-13-8-15-11(4)10(3)12(5)16(15)9-14(13)7-2;1-3-9-8-13-10-5-6-11(7-10)14(13)12(9)4-2;2*1-3-10-8-12-6-5-7-13(12)9-11(10)4-2/h2*11,13-16H,6-9H2,1-5H3;9-14H,3-8H2,1-2H3;5-6,10-13H,3-4,7-9H2,1-2H3;5-6,12-13H,3-4,7-9H2,1-2H3/t2*11?,13-,14+,15?,16?;9-,10?,11?,12-,13?,14?;10-,11+,12?,13?;/m0001./s1. The van der Waals surface area contributed by atoms with E-state index in [0.29, 0.717) is 0 Å². The number of rotatable bonds is 10. The quantitative estimate of drug-likeness (QED) is 0.191. The van der Waals surface area contributed by atoms with E-state index in [1.807, 2.05) is 0 Å². The SMILES string of the molecule is CCC1=C(CC)CC2CC=CC2C1.CC[C@@H]1CC2C(C)=C(C)C(C)C2C[C@@H]1CC.CC[C@@H]1CC2C(C)=C(C)C(C)C2C[C@@H]1CC.CC[C@@H]1CC2C=CCC2C[C@@H]1CC.CC[C@H]1CC2C3CCC(C3)C2[C@H]1CC. The van der Waals surface area contributed by atoms with Crippen LogP contribution in [0.5, 0.6) is 0 Å². The lowest BCUT2D eigenvalue weighted by molar-refractivity contribution is 0.114. The molecule has 14 unspecified atom stereocenters. The highest BCUT2D eigenvalue weighted by molar-refractivity contribution is 5.27. The van der Waals surface area contributed by atoms with Gasteiger partial charge >= 0.3 is 0 Å². The summed E-state index contributed by atoms with van der Waals surface area (Å²) in [6.45, 7) is 38.2. The Morgan fingerprint density at radius 2 is 0.806 bits per heavy atom. The number of hydrogen-bond donors (Lipinski definition) is 0. The zero-order valence-electron chi connectivity index (χ0n) is 51.0. The Bertz CT molecular complexity index is 1780. The van der Waals surface area contributed by atoms with Gasteiger partial charge in [-0.1, -0.05) is 192 Å². The molecular weight excluding hydrogens is 865 g/mol. The second-order valence-electron chi connectivity index (χ2n) is 27.8. The molecule has 410 valence electrons. The van der Waals surface area contributed by atoms with Crippen molar-refractivity contribution in [1.29, 1.82) is 0 Å². The third kappa shape index (κ3) is 12.3. The molecule has 11 rings (SSSR count). The second kappa shape index (κ2) is 26.8. The molecule has 0 aromatic heterocycles. The summed E-state index contributed by atoms with van der Waals surface area (Å²) in [6, 6.07) is 0. The van der Waals surface area contributed by atoms with Crippen LogP contribution >= 0.6 is 0 Å². The number of hydrogen-bond acceptors (Lipinski definition) is 0. The molecule has 0 aromatic carbocycles. The van der Waals surface area contributed by atoms with Crippen LogP contribution in [0.15, 0.2) is 57.7 Å². The molecule has 0 radical (unpaired) electrons. The van der Waals surface area contributed by atoms with E-state index in [9.17, 15) is 0 Å². The van der Waals surface area contributed by atoms with Gasteiger partial charge in [0, 0.05) is 0 Å². The molecule has 0 heterocycles. The van der Waals surface area contributed by atoms with Crippen LogP contribution in [0.1, 0.15) is 265 Å². The van der Waals surface area contributed by atoms with Gasteiger partial charge in [0.2, 0.25) is 0 Å². The van der Waals surface area contributed by atoms with Gasteiger partial charge < -0.3 is 0 Å². The zero-order chi connectivity index (χ0) is 52.0. The predicted molar refractivity (Wildman–Crippen MR) is 318 cm³/mol. The molecular formula is C72H122. The minimum Gasteiger partial charge on any atom is -0.0880 e. The van der Waals surface area contributed by atoms with Crippen LogP contribution in [0.25, 0.3) is 0 Å². The lowest BCUT2D eigenvalue weighted by Gasteiger charge is -2.40. The fourth-order valence-corrected chi connectivity index (χ4v) is 20.6. The van der Waals surface area contributed by atoms with Crippen molar-refractivity contribution in [3.63, 3.8) is 0 Å². The molecule has 6 fully saturated rings. The molecule has 0 aromatic rings. The third-order valence-electron chi connectivity index (χ3n) is 25.7. The molecule has 0 spiro atoms. The summed E-state index contributed by atoms with van der Waals surface area (Å²) >= 11 is 0. The van der Waals surface area contributed by atoms with Crippen LogP contribution in [0, 0.1) is 130 Å². The summed E-state index contributed by atoms with van der Waals surface area (Å²) in [7, 11) is 0. The van der Waals surface area contributed by atoms with Crippen molar-refractivity contribution < 1.29 is 0 Å². The molecule has 6 saturated carbocycles. The highest BCUT2D eigenvalue weighted by Crippen LogP contribution is 2.63. The lowest BCUT2D eigenvalue weighted by Crippen LogP contribution is -2.32. The van der Waals surface area contributed by atoms with Crippen molar-refractivity contribution in [3.8, 4) is 0 Å². The molecule has 0 aliphatic heterocycles. The molecule has 11 aliphatic carbocycles. The average molecular weight is 988 g/mol. The molecule has 0 nitrogen and oxygen atoms in total. The molecule has 0 N–H and O–H groups in total. The van der Waals surface area contributed by atoms with E-state index < -0.39 is 0 Å². The first kappa shape index (κ1) is 58.4. The average Bonchev–Trinajstić information content (AvgIpc) is 4.32. The van der Waals surface area contributed by atoms with Crippen LogP contribution in [0.3, 0.4) is 0 Å². The normalized spacial score (nSPS) is 43.9. The first-order valence-electron chi connectivity index (χ1n) is 33.1. The molecule has 0 heteroatoms. The minimum atomic E-state index is 0.858. The van der Waals surface area contributed by atoms with Crippen molar-refractivity contribution in [2.24, 2.45) is 130 Å². The first-order valence-corrected chi connectivity index (χ1v) is 33.1. The number of allylic oxidation sites excluding steroid dienone is 10. The summed E-state index contributed by atoms with van der Waals surface area (Å²) in [5, 5.41) is 0. The Balaban J connectivity index is 0.000000132. The van der Waals surface area contributed by atoms with Crippen LogP contribution in [0.2, 0.25) is 0 Å². The summed E-state index contributed by atoms with van der Waals surface area (Å²) in [4.78, 5) is 0. The molecule has 0 saturated heterocycles. The van der Waals surface area contributed by atoms with Crippen molar-refractivity contribution in [2.45, 2.75) is 265 Å². The van der Waals surface area contributed by atoms with E-state index in [2.05, 4.69) is 135 Å². The summed E-state index contributed by atoms with van der Waals surface area (Å²) in [5.41, 5.74) is 10.4. The van der Waals surface area contributed by atoms with E-state index in [0.717, 1.165) is 118 Å². The van der Waals surface area contributed by atoms with Crippen LogP contribution in [-0.4, -0.2) is 0 Å². The fourth-order valence-electron chi connectivity index (χ4n) is 20.6. The van der Waals surface area contributed by atoms with Gasteiger partial charge in [-0.15, -0.1) is 0 Å². The molecule has 72 heavy (non-hydrogen) atoms. The lowest BCUT2D eigenvalue weighted by atomic mass is 9.65. The largest absolute Gasteiger partial charge is 0.0880 e. The maximum absolute atomic E-state index is 2.49. The fraction of sp³-hybridized carbons (Fsp3) is 0.861. The zero-order valence-corrected chi connectivity index (χ0v) is 51.0. The van der Waals surface area contributed by atoms with Gasteiger partial charge in [-0.05, 0) is 261 Å². The van der Waals surface area contributed by atoms with Crippen molar-refractivity contribution in [1.82, 2.24) is 0 Å². The highest BCUT2D eigenvalue weighted by Gasteiger charge is 2.55. The van der Waals surface area contributed by atoms with Gasteiger partial charge in [0.1, 0.15) is 0 Å². The summed E-state index contributed by atoms with van der Waals surface area (Å²) in [6.07, 6.45) is 44.4. The first-order chi connectivity index (χ1) is 34.7. The van der Waals surface area contributed by atoms with E-state index >= 15 is 0 Å². The van der Waals surface area contributed by atoms with Gasteiger partial charge in [0.25, 0.3) is 0 Å². The molecule has 11 aliphatic rings. The van der Waals surface area contributed by atoms with Crippen LogP contribution < -0.4 is 0 Å². The topological polar surface area (TPSA) is 0 Å². The third-order valence-corrected chi connectivity index (χ3v) is 25.7. The highest BCUT2D eigenvalue weighted by atomic mass is 14.6. The van der Waals surface area contributed by atoms with Gasteiger partial charge in [-0.2, -0.15) is 0 Å². The maximum Gasteiger partial charge on any atom is -0.0162 e. The van der Waals surface area contributed by atoms with Gasteiger partial charge in [0.15, 0.2) is 0 Å². The van der Waals surface area contributed by atoms with Gasteiger partial charge in [-0.3, -0.25) is 0 Å². The Morgan fingerprint density at radius 1 is 0.375 bits per heavy atom. The van der Waals surface area contributed by atoms with E-state index in [4.69, 9.17) is 0 Å². The molecule has 2 bridgehead atoms. The minimum absolute atomic E-state index is 0.858. The van der Waals surface area contributed by atoms with Crippen molar-refractivity contribution in [3.05, 3.63) is 57.7 Å². The van der Waals surface area contributed by atoms with Gasteiger partial charge in [0.05, 0.1) is 0 Å². The van der Waals surface area contributed by atoms with Crippen LogP contribution in [-0.2, 0) is 0 Å². The number of fused-ring (bicyclic) bond motifs is 9. The summed E-state index contributed by atoms with van der Waals surface area (Å²) in [5.74, 6) is 22.3. The van der Waals surface area contributed by atoms with Crippen molar-refractivity contribution >= 4 is 0 Å². The van der Waals surface area contributed by atoms with E-state index in [-0.39, 0.29) is 0 Å². The predicted octanol–water partition coefficient (Wildman–Crippen LogP) is 22.3. The van der Waals surface area contributed by atoms with E-state index in [1.54, 1.807) is 59.1 Å². The van der Waals surface area contributed by atoms with Gasteiger partial charge in [-0.25, -0.2) is 0 Å². The summed E-state index contributed by atoms with van der Waals surface area (Å²) < 4.78 is 0. The Morgan fingerprint density at radius 3 is 1.31 bits per heavy atom. The maximum atomic E-state index is 2.49. The van der Waals surface area contributed by atoms with Crippen LogP contribution in [0.4, 0.5) is 0 Å². The Hall–Kier alpha value is -1.30. The smallest absolute Gasteiger partial charge is 0.0162 e. The molecule has 22 atom stereocenters. The Labute approximate surface area is 450 Å². The monoisotopic (exact) mass is 987 g/mol. The second-order valence-corrected chi connectivity index (χ2v) is 27.8. The van der Waals surface area contributed by atoms with E-state index in [1.165, 1.54) is 140 Å².